The molecule has 12 heteroatoms. The van der Waals surface area contributed by atoms with Gasteiger partial charge in [-0.25, -0.2) is 9.59 Å². The van der Waals surface area contributed by atoms with E-state index in [4.69, 9.17) is 10.5 Å². The number of ether oxygens (including phenoxy) is 1. The summed E-state index contributed by atoms with van der Waals surface area (Å²) in [4.78, 5) is 65.6. The smallest absolute Gasteiger partial charge is 0.407 e. The van der Waals surface area contributed by atoms with Gasteiger partial charge in [-0.15, -0.1) is 0 Å². The number of nitrogens with two attached hydrogens (primary N) is 1. The molecule has 0 saturated heterocycles. The maximum atomic E-state index is 14.1. The number of amides is 4. The molecule has 7 N–H and O–H groups in total. The van der Waals surface area contributed by atoms with Gasteiger partial charge < -0.3 is 36.8 Å². The first kappa shape index (κ1) is 42.7. The highest BCUT2D eigenvalue weighted by atomic mass is 16.6. The van der Waals surface area contributed by atoms with Gasteiger partial charge in [-0.1, -0.05) is 121 Å². The van der Waals surface area contributed by atoms with Crippen molar-refractivity contribution < 1.29 is 33.8 Å². The standard InChI is InChI=1S/C44H53N5O7/c1-43(2,3)56-42(55)46-29-17-16-26-37(41(53)54)48-40(52)36(47-39(51)35(45)30-31-18-8-4-9-19-31)27-28-38(50)49-44(32-20-10-5-11-21-32,33-22-12-6-13-23-33)34-24-14-7-15-25-34/h4-15,18-25,35-37H,16-17,26-30,45H2,1-3H3,(H,46,55)(H,47,51)(H,48,52)(H,49,50)(H,53,54)/t35-,36-,37-/m1/s1. The van der Waals surface area contributed by atoms with E-state index in [1.54, 1.807) is 20.8 Å². The third kappa shape index (κ3) is 12.8. The summed E-state index contributed by atoms with van der Waals surface area (Å²) in [5.74, 6) is -3.06. The minimum atomic E-state index is -1.29. The minimum absolute atomic E-state index is 0.0551. The van der Waals surface area contributed by atoms with Crippen LogP contribution in [0, 0.1) is 0 Å². The van der Waals surface area contributed by atoms with E-state index >= 15 is 0 Å². The lowest BCUT2D eigenvalue weighted by Gasteiger charge is -2.37. The van der Waals surface area contributed by atoms with E-state index in [9.17, 15) is 29.1 Å². The van der Waals surface area contributed by atoms with Crippen LogP contribution in [0.5, 0.6) is 0 Å². The second-order valence-corrected chi connectivity index (χ2v) is 14.6. The predicted molar refractivity (Wildman–Crippen MR) is 214 cm³/mol. The molecular formula is C44H53N5O7. The number of carbonyl (C=O) groups excluding carboxylic acids is 4. The molecule has 3 atom stereocenters. The molecule has 0 aromatic heterocycles. The van der Waals surface area contributed by atoms with Crippen LogP contribution in [-0.2, 0) is 35.9 Å². The van der Waals surface area contributed by atoms with Gasteiger partial charge in [-0.05, 0) is 75.1 Å². The van der Waals surface area contributed by atoms with Gasteiger partial charge in [0.25, 0.3) is 0 Å². The van der Waals surface area contributed by atoms with Gasteiger partial charge in [0.1, 0.15) is 23.2 Å². The number of benzene rings is 4. The number of hydrogen-bond donors (Lipinski definition) is 6. The highest BCUT2D eigenvalue weighted by molar-refractivity contribution is 5.92. The van der Waals surface area contributed by atoms with Crippen molar-refractivity contribution in [3.8, 4) is 0 Å². The molecule has 0 bridgehead atoms. The molecule has 12 nitrogen and oxygen atoms in total. The normalized spacial score (nSPS) is 13.0. The minimum Gasteiger partial charge on any atom is -0.480 e. The van der Waals surface area contributed by atoms with Crippen LogP contribution in [0.2, 0.25) is 0 Å². The van der Waals surface area contributed by atoms with E-state index in [-0.39, 0.29) is 32.2 Å². The van der Waals surface area contributed by atoms with Crippen molar-refractivity contribution >= 4 is 29.8 Å². The number of hydrogen-bond acceptors (Lipinski definition) is 7. The molecule has 4 aromatic carbocycles. The summed E-state index contributed by atoms with van der Waals surface area (Å²) in [6.45, 7) is 5.50. The van der Waals surface area contributed by atoms with E-state index in [1.165, 1.54) is 0 Å². The van der Waals surface area contributed by atoms with Crippen molar-refractivity contribution in [1.82, 2.24) is 21.3 Å². The Hall–Kier alpha value is -6.01. The van der Waals surface area contributed by atoms with Crippen molar-refractivity contribution in [3.05, 3.63) is 144 Å². The van der Waals surface area contributed by atoms with Crippen molar-refractivity contribution in [1.29, 1.82) is 0 Å². The van der Waals surface area contributed by atoms with Crippen molar-refractivity contribution in [3.63, 3.8) is 0 Å². The Morgan fingerprint density at radius 2 is 1.14 bits per heavy atom. The second-order valence-electron chi connectivity index (χ2n) is 14.6. The molecule has 0 radical (unpaired) electrons. The number of nitrogens with one attached hydrogen (secondary N) is 4. The average Bonchev–Trinajstić information content (AvgIpc) is 3.18. The van der Waals surface area contributed by atoms with Crippen LogP contribution < -0.4 is 27.0 Å². The lowest BCUT2D eigenvalue weighted by atomic mass is 9.77. The first-order valence-corrected chi connectivity index (χ1v) is 18.9. The fourth-order valence-corrected chi connectivity index (χ4v) is 6.34. The van der Waals surface area contributed by atoms with Gasteiger partial charge in [-0.2, -0.15) is 0 Å². The van der Waals surface area contributed by atoms with Gasteiger partial charge in [-0.3, -0.25) is 14.4 Å². The van der Waals surface area contributed by atoms with E-state index in [0.717, 1.165) is 22.3 Å². The Labute approximate surface area is 328 Å². The molecule has 4 aromatic rings. The Bertz CT molecular complexity index is 1770. The molecule has 0 fully saturated rings. The first-order valence-electron chi connectivity index (χ1n) is 18.9. The molecule has 0 aliphatic heterocycles. The topological polar surface area (TPSA) is 189 Å². The summed E-state index contributed by atoms with van der Waals surface area (Å²) < 4.78 is 5.22. The quantitative estimate of drug-likeness (QED) is 0.0556. The van der Waals surface area contributed by atoms with Gasteiger partial charge in [0.05, 0.1) is 6.04 Å². The maximum absolute atomic E-state index is 14.1. The Balaban J connectivity index is 1.52. The van der Waals surface area contributed by atoms with Crippen LogP contribution in [-0.4, -0.2) is 65.2 Å². The van der Waals surface area contributed by atoms with Crippen molar-refractivity contribution in [2.75, 3.05) is 6.54 Å². The fourth-order valence-electron chi connectivity index (χ4n) is 6.34. The highest BCUT2D eigenvalue weighted by Crippen LogP contribution is 2.37. The fraction of sp³-hybridized carbons (Fsp3) is 0.341. The zero-order valence-corrected chi connectivity index (χ0v) is 32.2. The number of carboxylic acid groups (broad SMARTS) is 1. The SMILES string of the molecule is CC(C)(C)OC(=O)NCCCC[C@@H](NC(=O)[C@@H](CCC(=O)NC(c1ccccc1)(c1ccccc1)c1ccccc1)NC(=O)[C@H](N)Cc1ccccc1)C(=O)O. The molecule has 0 aliphatic rings. The zero-order chi connectivity index (χ0) is 40.6. The highest BCUT2D eigenvalue weighted by Gasteiger charge is 2.38. The van der Waals surface area contributed by atoms with Crippen LogP contribution in [0.1, 0.15) is 75.1 Å². The summed E-state index contributed by atoms with van der Waals surface area (Å²) in [6, 6.07) is 34.2. The molecule has 56 heavy (non-hydrogen) atoms. The number of alkyl carbamates (subject to hydrolysis) is 1. The van der Waals surface area contributed by atoms with E-state index in [0.29, 0.717) is 12.8 Å². The van der Waals surface area contributed by atoms with Crippen LogP contribution in [0.25, 0.3) is 0 Å². The van der Waals surface area contributed by atoms with Gasteiger partial charge in [0.15, 0.2) is 0 Å². The van der Waals surface area contributed by atoms with Crippen LogP contribution in [0.15, 0.2) is 121 Å². The lowest BCUT2D eigenvalue weighted by Crippen LogP contribution is -2.55. The molecule has 0 unspecified atom stereocenters. The largest absolute Gasteiger partial charge is 0.480 e. The number of rotatable bonds is 19. The molecule has 0 spiro atoms. The number of carbonyl (C=O) groups is 5. The molecule has 4 amide bonds. The van der Waals surface area contributed by atoms with Crippen LogP contribution >= 0.6 is 0 Å². The molecule has 4 rings (SSSR count). The lowest BCUT2D eigenvalue weighted by molar-refractivity contribution is -0.142. The van der Waals surface area contributed by atoms with Gasteiger partial charge >= 0.3 is 12.1 Å². The molecule has 296 valence electrons. The predicted octanol–water partition coefficient (Wildman–Crippen LogP) is 5.19. The summed E-state index contributed by atoms with van der Waals surface area (Å²) in [6.07, 6.45) is 0.108. The van der Waals surface area contributed by atoms with Crippen molar-refractivity contribution in [2.24, 2.45) is 5.73 Å². The van der Waals surface area contributed by atoms with Crippen LogP contribution in [0.3, 0.4) is 0 Å². The molecule has 0 heterocycles. The second kappa shape index (κ2) is 20.6. The summed E-state index contributed by atoms with van der Waals surface area (Å²) >= 11 is 0. The van der Waals surface area contributed by atoms with Gasteiger partial charge in [0.2, 0.25) is 17.7 Å². The first-order chi connectivity index (χ1) is 26.8. The Kier molecular flexibility index (Phi) is 15.7. The maximum Gasteiger partial charge on any atom is 0.407 e. The summed E-state index contributed by atoms with van der Waals surface area (Å²) in [7, 11) is 0. The average molecular weight is 764 g/mol. The van der Waals surface area contributed by atoms with E-state index < -0.39 is 59.0 Å². The molecule has 0 saturated carbocycles. The van der Waals surface area contributed by atoms with E-state index in [2.05, 4.69) is 21.3 Å². The van der Waals surface area contributed by atoms with Crippen LogP contribution in [0.4, 0.5) is 4.79 Å². The monoisotopic (exact) mass is 763 g/mol. The summed E-state index contributed by atoms with van der Waals surface area (Å²) in [5.41, 5.74) is 7.77. The number of aliphatic carboxylic acids is 1. The number of carboxylic acids is 1. The summed E-state index contributed by atoms with van der Waals surface area (Å²) in [5, 5.41) is 21.1. The van der Waals surface area contributed by atoms with Crippen molar-refractivity contribution in [2.45, 2.75) is 88.6 Å². The third-order valence-corrected chi connectivity index (χ3v) is 9.08. The molecular weight excluding hydrogens is 711 g/mol. The zero-order valence-electron chi connectivity index (χ0n) is 32.2. The third-order valence-electron chi connectivity index (χ3n) is 9.08. The molecule has 0 aliphatic carbocycles. The number of unbranched alkanes of at least 4 members (excludes halogenated alkanes) is 1. The van der Waals surface area contributed by atoms with Gasteiger partial charge in [0, 0.05) is 13.0 Å². The Morgan fingerprint density at radius 3 is 1.62 bits per heavy atom. The van der Waals surface area contributed by atoms with E-state index in [1.807, 2.05) is 121 Å². The Morgan fingerprint density at radius 1 is 0.661 bits per heavy atom.